The first-order valence-corrected chi connectivity index (χ1v) is 3.19. The molecule has 2 nitrogen and oxygen atoms in total. The number of rotatable bonds is 3. The van der Waals surface area contributed by atoms with Gasteiger partial charge in [0.2, 0.25) is 0 Å². The van der Waals surface area contributed by atoms with Gasteiger partial charge in [0.25, 0.3) is 0 Å². The molecule has 0 amide bonds. The third kappa shape index (κ3) is 3.89. The van der Waals surface area contributed by atoms with E-state index < -0.39 is 0 Å². The molecule has 0 fully saturated rings. The lowest BCUT2D eigenvalue weighted by molar-refractivity contribution is 1.04. The summed E-state index contributed by atoms with van der Waals surface area (Å²) in [5.74, 6) is 0. The van der Waals surface area contributed by atoms with Gasteiger partial charge in [0.05, 0.1) is 0 Å². The SMILES string of the molecule is C=C(/C=C\C(C)=NC)NC. The Morgan fingerprint density at radius 1 is 1.50 bits per heavy atom. The molecule has 0 aromatic carbocycles. The lowest BCUT2D eigenvalue weighted by Crippen LogP contribution is -2.01. The van der Waals surface area contributed by atoms with Gasteiger partial charge in [-0.3, -0.25) is 4.99 Å². The molecular weight excluding hydrogens is 124 g/mol. The summed E-state index contributed by atoms with van der Waals surface area (Å²) in [6.45, 7) is 5.67. The predicted octanol–water partition coefficient (Wildman–Crippen LogP) is 1.37. The van der Waals surface area contributed by atoms with Crippen LogP contribution in [0.3, 0.4) is 0 Å². The van der Waals surface area contributed by atoms with Crippen molar-refractivity contribution in [3.05, 3.63) is 24.4 Å². The topological polar surface area (TPSA) is 24.4 Å². The maximum Gasteiger partial charge on any atom is 0.0314 e. The van der Waals surface area contributed by atoms with Crippen LogP contribution in [0.2, 0.25) is 0 Å². The molecule has 0 heterocycles. The second-order valence-electron chi connectivity index (χ2n) is 1.97. The molecule has 56 valence electrons. The molecule has 0 spiro atoms. The molecule has 0 atom stereocenters. The zero-order chi connectivity index (χ0) is 7.98. The summed E-state index contributed by atoms with van der Waals surface area (Å²) in [5.41, 5.74) is 1.89. The van der Waals surface area contributed by atoms with Crippen molar-refractivity contribution in [2.45, 2.75) is 6.92 Å². The first-order valence-electron chi connectivity index (χ1n) is 3.19. The second-order valence-corrected chi connectivity index (χ2v) is 1.97. The fourth-order valence-corrected chi connectivity index (χ4v) is 0.379. The molecule has 0 bridgehead atoms. The predicted molar refractivity (Wildman–Crippen MR) is 46.4 cm³/mol. The smallest absolute Gasteiger partial charge is 0.0314 e. The van der Waals surface area contributed by atoms with Gasteiger partial charge in [-0.05, 0) is 19.1 Å². The van der Waals surface area contributed by atoms with E-state index in [1.807, 2.05) is 26.1 Å². The van der Waals surface area contributed by atoms with Gasteiger partial charge < -0.3 is 5.32 Å². The lowest BCUT2D eigenvalue weighted by atomic mass is 10.3. The minimum Gasteiger partial charge on any atom is -0.389 e. The van der Waals surface area contributed by atoms with Crippen molar-refractivity contribution in [3.63, 3.8) is 0 Å². The number of hydrogen-bond donors (Lipinski definition) is 1. The minimum absolute atomic E-state index is 0.892. The molecule has 0 aromatic heterocycles. The molecule has 10 heavy (non-hydrogen) atoms. The first kappa shape index (κ1) is 8.95. The summed E-state index contributed by atoms with van der Waals surface area (Å²) in [6.07, 6.45) is 3.81. The fraction of sp³-hybridized carbons (Fsp3) is 0.375. The van der Waals surface area contributed by atoms with Gasteiger partial charge in [-0.2, -0.15) is 0 Å². The number of hydrogen-bond acceptors (Lipinski definition) is 2. The highest BCUT2D eigenvalue weighted by molar-refractivity contribution is 5.92. The molecule has 0 unspecified atom stereocenters. The molecular formula is C8H14N2. The second kappa shape index (κ2) is 4.79. The van der Waals surface area contributed by atoms with Gasteiger partial charge in [-0.1, -0.05) is 6.58 Å². The van der Waals surface area contributed by atoms with E-state index in [-0.39, 0.29) is 0 Å². The summed E-state index contributed by atoms with van der Waals surface area (Å²) in [7, 11) is 3.60. The van der Waals surface area contributed by atoms with Crippen molar-refractivity contribution in [1.82, 2.24) is 5.32 Å². The number of nitrogens with zero attached hydrogens (tertiary/aromatic N) is 1. The van der Waals surface area contributed by atoms with E-state index in [1.165, 1.54) is 0 Å². The Hall–Kier alpha value is -1.05. The van der Waals surface area contributed by atoms with Crippen LogP contribution in [0.25, 0.3) is 0 Å². The summed E-state index contributed by atoms with van der Waals surface area (Å²) >= 11 is 0. The Labute approximate surface area is 62.4 Å². The Bertz CT molecular complexity index is 166. The van der Waals surface area contributed by atoms with Gasteiger partial charge in [-0.15, -0.1) is 0 Å². The fourth-order valence-electron chi connectivity index (χ4n) is 0.379. The van der Waals surface area contributed by atoms with Gasteiger partial charge in [-0.25, -0.2) is 0 Å². The number of nitrogens with one attached hydrogen (secondary N) is 1. The van der Waals surface area contributed by atoms with Crippen molar-refractivity contribution in [3.8, 4) is 0 Å². The van der Waals surface area contributed by atoms with Crippen molar-refractivity contribution >= 4 is 5.71 Å². The zero-order valence-electron chi connectivity index (χ0n) is 6.81. The van der Waals surface area contributed by atoms with E-state index in [2.05, 4.69) is 16.9 Å². The van der Waals surface area contributed by atoms with Crippen LogP contribution in [0, 0.1) is 0 Å². The normalized spacial score (nSPS) is 12.1. The largest absolute Gasteiger partial charge is 0.389 e. The van der Waals surface area contributed by atoms with E-state index in [0.717, 1.165) is 11.4 Å². The van der Waals surface area contributed by atoms with Gasteiger partial charge in [0.15, 0.2) is 0 Å². The molecule has 2 heteroatoms. The minimum atomic E-state index is 0.892. The van der Waals surface area contributed by atoms with Crippen LogP contribution in [0.15, 0.2) is 29.4 Å². The van der Waals surface area contributed by atoms with Crippen LogP contribution in [-0.2, 0) is 0 Å². The summed E-state index contributed by atoms with van der Waals surface area (Å²) in [4.78, 5) is 3.96. The quantitative estimate of drug-likeness (QED) is 0.462. The zero-order valence-corrected chi connectivity index (χ0v) is 6.81. The molecule has 0 aliphatic carbocycles. The molecule has 1 N–H and O–H groups in total. The van der Waals surface area contributed by atoms with E-state index >= 15 is 0 Å². The third-order valence-electron chi connectivity index (χ3n) is 1.20. The Kier molecular flexibility index (Phi) is 4.29. The lowest BCUT2D eigenvalue weighted by Gasteiger charge is -1.94. The standard InChI is InChI=1S/C8H14N2/c1-7(9-3)5-6-8(2)10-4/h5-6,9H,1H2,2-4H3/b6-5-,10-8?. The highest BCUT2D eigenvalue weighted by Crippen LogP contribution is 1.86. The molecule has 0 saturated heterocycles. The van der Waals surface area contributed by atoms with Crippen LogP contribution in [0.4, 0.5) is 0 Å². The van der Waals surface area contributed by atoms with Crippen molar-refractivity contribution in [2.75, 3.05) is 14.1 Å². The van der Waals surface area contributed by atoms with Crippen LogP contribution >= 0.6 is 0 Å². The summed E-state index contributed by atoms with van der Waals surface area (Å²) < 4.78 is 0. The molecule has 0 radical (unpaired) electrons. The molecule has 0 aromatic rings. The first-order chi connectivity index (χ1) is 4.70. The van der Waals surface area contributed by atoms with E-state index in [1.54, 1.807) is 7.05 Å². The van der Waals surface area contributed by atoms with Crippen LogP contribution in [0.5, 0.6) is 0 Å². The van der Waals surface area contributed by atoms with Crippen molar-refractivity contribution in [2.24, 2.45) is 4.99 Å². The summed E-state index contributed by atoms with van der Waals surface area (Å²) in [5, 5.41) is 2.91. The van der Waals surface area contributed by atoms with Gasteiger partial charge in [0.1, 0.15) is 0 Å². The maximum absolute atomic E-state index is 3.96. The van der Waals surface area contributed by atoms with Gasteiger partial charge in [0, 0.05) is 25.5 Å². The Morgan fingerprint density at radius 2 is 2.10 bits per heavy atom. The average molecular weight is 138 g/mol. The maximum atomic E-state index is 3.96. The van der Waals surface area contributed by atoms with Crippen LogP contribution in [0.1, 0.15) is 6.92 Å². The van der Waals surface area contributed by atoms with E-state index in [4.69, 9.17) is 0 Å². The van der Waals surface area contributed by atoms with E-state index in [0.29, 0.717) is 0 Å². The van der Waals surface area contributed by atoms with Crippen molar-refractivity contribution in [1.29, 1.82) is 0 Å². The molecule has 0 aliphatic heterocycles. The Balaban J connectivity index is 3.88. The average Bonchev–Trinajstić information content (AvgIpc) is 1.99. The highest BCUT2D eigenvalue weighted by Gasteiger charge is 1.80. The highest BCUT2D eigenvalue weighted by atomic mass is 14.8. The molecule has 0 saturated carbocycles. The monoisotopic (exact) mass is 138 g/mol. The summed E-state index contributed by atoms with van der Waals surface area (Å²) in [6, 6.07) is 0. The Morgan fingerprint density at radius 3 is 2.50 bits per heavy atom. The molecule has 0 aliphatic rings. The van der Waals surface area contributed by atoms with Crippen molar-refractivity contribution < 1.29 is 0 Å². The van der Waals surface area contributed by atoms with E-state index in [9.17, 15) is 0 Å². The van der Waals surface area contributed by atoms with Crippen LogP contribution in [-0.4, -0.2) is 19.8 Å². The van der Waals surface area contributed by atoms with Gasteiger partial charge >= 0.3 is 0 Å². The number of allylic oxidation sites excluding steroid dienone is 2. The molecule has 0 rings (SSSR count). The van der Waals surface area contributed by atoms with Crippen LogP contribution < -0.4 is 5.32 Å². The number of likely N-dealkylation sites (N-methyl/N-ethyl adjacent to an activating group) is 1. The third-order valence-corrected chi connectivity index (χ3v) is 1.20. The number of aliphatic imine (C=N–C) groups is 1.